The summed E-state index contributed by atoms with van der Waals surface area (Å²) in [5.74, 6) is -0.178. The van der Waals surface area contributed by atoms with Gasteiger partial charge in [0, 0.05) is 50.7 Å². The van der Waals surface area contributed by atoms with Gasteiger partial charge in [-0.25, -0.2) is 4.79 Å². The first-order valence-corrected chi connectivity index (χ1v) is 10.4. The number of benzene rings is 1. The molecule has 0 N–H and O–H groups in total. The Kier molecular flexibility index (Phi) is 5.78. The van der Waals surface area contributed by atoms with E-state index in [-0.39, 0.29) is 17.5 Å². The summed E-state index contributed by atoms with van der Waals surface area (Å²) in [7, 11) is 2.16. The highest BCUT2D eigenvalue weighted by atomic mass is 16.4. The molecule has 0 radical (unpaired) electrons. The van der Waals surface area contributed by atoms with Gasteiger partial charge in [0.2, 0.25) is 0 Å². The van der Waals surface area contributed by atoms with Crippen molar-refractivity contribution in [1.29, 1.82) is 0 Å². The third kappa shape index (κ3) is 4.13. The first-order valence-electron chi connectivity index (χ1n) is 10.4. The molecule has 2 aliphatic rings. The van der Waals surface area contributed by atoms with Crippen LogP contribution in [0.1, 0.15) is 36.0 Å². The fourth-order valence-electron chi connectivity index (χ4n) is 4.34. The minimum absolute atomic E-state index is 0.158. The Morgan fingerprint density at radius 2 is 1.89 bits per heavy atom. The summed E-state index contributed by atoms with van der Waals surface area (Å²) in [5.41, 5.74) is 0.145. The van der Waals surface area contributed by atoms with E-state index >= 15 is 0 Å². The molecule has 2 aliphatic heterocycles. The highest BCUT2D eigenvalue weighted by Crippen LogP contribution is 2.23. The molecule has 0 bridgehead atoms. The number of carbonyl (C=O) groups is 1. The summed E-state index contributed by atoms with van der Waals surface area (Å²) < 4.78 is 5.39. The van der Waals surface area contributed by atoms with Gasteiger partial charge in [-0.2, -0.15) is 0 Å². The maximum Gasteiger partial charge on any atom is 0.349 e. The summed E-state index contributed by atoms with van der Waals surface area (Å²) in [4.78, 5) is 32.4. The van der Waals surface area contributed by atoms with Crippen molar-refractivity contribution in [2.45, 2.75) is 31.7 Å². The minimum Gasteiger partial charge on any atom is -0.422 e. The fourth-order valence-corrected chi connectivity index (χ4v) is 4.34. The van der Waals surface area contributed by atoms with Crippen LogP contribution in [-0.4, -0.2) is 73.0 Å². The quantitative estimate of drug-likeness (QED) is 0.759. The molecule has 28 heavy (non-hydrogen) atoms. The van der Waals surface area contributed by atoms with Gasteiger partial charge in [-0.1, -0.05) is 18.2 Å². The molecule has 0 aliphatic carbocycles. The van der Waals surface area contributed by atoms with Crippen molar-refractivity contribution in [3.63, 3.8) is 0 Å². The van der Waals surface area contributed by atoms with Gasteiger partial charge >= 0.3 is 5.63 Å². The lowest BCUT2D eigenvalue weighted by Crippen LogP contribution is -2.48. The highest BCUT2D eigenvalue weighted by Gasteiger charge is 2.30. The van der Waals surface area contributed by atoms with Crippen molar-refractivity contribution >= 4 is 16.9 Å². The second kappa shape index (κ2) is 8.45. The molecule has 1 unspecified atom stereocenters. The van der Waals surface area contributed by atoms with Crippen LogP contribution in [0.15, 0.2) is 39.5 Å². The number of fused-ring (bicyclic) bond motifs is 1. The van der Waals surface area contributed by atoms with Crippen molar-refractivity contribution in [2.75, 3.05) is 46.3 Å². The van der Waals surface area contributed by atoms with Crippen LogP contribution in [-0.2, 0) is 0 Å². The van der Waals surface area contributed by atoms with E-state index in [0.717, 1.165) is 70.3 Å². The van der Waals surface area contributed by atoms with Gasteiger partial charge in [-0.15, -0.1) is 0 Å². The normalized spacial score (nSPS) is 21.9. The molecule has 6 nitrogen and oxygen atoms in total. The molecule has 0 spiro atoms. The van der Waals surface area contributed by atoms with E-state index < -0.39 is 5.63 Å². The Hall–Kier alpha value is -2.18. The number of likely N-dealkylation sites (N-methyl/N-ethyl adjacent to an activating group) is 1. The Bertz CT molecular complexity index is 886. The second-order valence-corrected chi connectivity index (χ2v) is 8.07. The van der Waals surface area contributed by atoms with Crippen LogP contribution in [0.25, 0.3) is 11.0 Å². The zero-order chi connectivity index (χ0) is 19.5. The van der Waals surface area contributed by atoms with E-state index in [2.05, 4.69) is 16.8 Å². The van der Waals surface area contributed by atoms with E-state index in [4.69, 9.17) is 4.42 Å². The standard InChI is InChI=1S/C22H29N3O3/c1-23-12-14-24(15-13-23)11-9-18-7-4-5-10-25(18)21(26)19-16-17-6-2-3-8-20(17)28-22(19)27/h2-3,6,8,16,18H,4-5,7,9-15H2,1H3. The van der Waals surface area contributed by atoms with Crippen LogP contribution in [0.2, 0.25) is 0 Å². The number of hydrogen-bond acceptors (Lipinski definition) is 5. The molecule has 6 heteroatoms. The molecule has 2 aromatic rings. The SMILES string of the molecule is CN1CCN(CCC2CCCCN2C(=O)c2cc3ccccc3oc2=O)CC1. The van der Waals surface area contributed by atoms with E-state index in [1.165, 1.54) is 0 Å². The number of nitrogens with zero attached hydrogens (tertiary/aromatic N) is 3. The minimum atomic E-state index is -0.535. The first-order chi connectivity index (χ1) is 13.6. The molecular weight excluding hydrogens is 354 g/mol. The van der Waals surface area contributed by atoms with Crippen LogP contribution >= 0.6 is 0 Å². The Morgan fingerprint density at radius 1 is 1.11 bits per heavy atom. The van der Waals surface area contributed by atoms with Crippen LogP contribution in [0, 0.1) is 0 Å². The average Bonchev–Trinajstić information content (AvgIpc) is 2.72. The molecule has 1 atom stereocenters. The Labute approximate surface area is 165 Å². The van der Waals surface area contributed by atoms with Gasteiger partial charge in [-0.3, -0.25) is 4.79 Å². The van der Waals surface area contributed by atoms with E-state index in [9.17, 15) is 9.59 Å². The van der Waals surface area contributed by atoms with Crippen molar-refractivity contribution < 1.29 is 9.21 Å². The number of carbonyl (C=O) groups excluding carboxylic acids is 1. The third-order valence-electron chi connectivity index (χ3n) is 6.13. The lowest BCUT2D eigenvalue weighted by atomic mass is 9.98. The Balaban J connectivity index is 1.48. The number of rotatable bonds is 4. The largest absolute Gasteiger partial charge is 0.422 e. The highest BCUT2D eigenvalue weighted by molar-refractivity contribution is 5.96. The number of piperazine rings is 1. The van der Waals surface area contributed by atoms with Crippen molar-refractivity contribution in [3.8, 4) is 0 Å². The molecule has 1 aromatic carbocycles. The average molecular weight is 383 g/mol. The topological polar surface area (TPSA) is 57.0 Å². The summed E-state index contributed by atoms with van der Waals surface area (Å²) >= 11 is 0. The molecular formula is C22H29N3O3. The number of para-hydroxylation sites is 1. The number of amides is 1. The lowest BCUT2D eigenvalue weighted by molar-refractivity contribution is 0.0566. The first kappa shape index (κ1) is 19.2. The van der Waals surface area contributed by atoms with Gasteiger partial charge in [0.05, 0.1) is 0 Å². The van der Waals surface area contributed by atoms with Gasteiger partial charge < -0.3 is 19.1 Å². The van der Waals surface area contributed by atoms with E-state index in [1.807, 2.05) is 23.1 Å². The van der Waals surface area contributed by atoms with Gasteiger partial charge in [-0.05, 0) is 44.9 Å². The van der Waals surface area contributed by atoms with Crippen molar-refractivity contribution in [2.24, 2.45) is 0 Å². The number of piperidine rings is 1. The van der Waals surface area contributed by atoms with E-state index in [1.54, 1.807) is 12.1 Å². The maximum atomic E-state index is 13.2. The predicted octanol–water partition coefficient (Wildman–Crippen LogP) is 2.43. The molecule has 1 aromatic heterocycles. The molecule has 4 rings (SSSR count). The molecule has 1 amide bonds. The molecule has 0 saturated carbocycles. The zero-order valence-corrected chi connectivity index (χ0v) is 16.6. The monoisotopic (exact) mass is 383 g/mol. The van der Waals surface area contributed by atoms with Crippen LogP contribution in [0.4, 0.5) is 0 Å². The maximum absolute atomic E-state index is 13.2. The van der Waals surface area contributed by atoms with Crippen LogP contribution in [0.3, 0.4) is 0 Å². The molecule has 150 valence electrons. The third-order valence-corrected chi connectivity index (χ3v) is 6.13. The molecule has 3 heterocycles. The molecule has 2 fully saturated rings. The van der Waals surface area contributed by atoms with Crippen molar-refractivity contribution in [1.82, 2.24) is 14.7 Å². The summed E-state index contributed by atoms with van der Waals surface area (Å²) in [6.45, 7) is 6.11. The van der Waals surface area contributed by atoms with E-state index in [0.29, 0.717) is 5.58 Å². The van der Waals surface area contributed by atoms with Crippen LogP contribution in [0.5, 0.6) is 0 Å². The number of likely N-dealkylation sites (tertiary alicyclic amines) is 1. The second-order valence-electron chi connectivity index (χ2n) is 8.07. The molecule has 2 saturated heterocycles. The fraction of sp³-hybridized carbons (Fsp3) is 0.545. The van der Waals surface area contributed by atoms with Crippen molar-refractivity contribution in [3.05, 3.63) is 46.3 Å². The van der Waals surface area contributed by atoms with Gasteiger partial charge in [0.25, 0.3) is 5.91 Å². The van der Waals surface area contributed by atoms with Gasteiger partial charge in [0.1, 0.15) is 11.1 Å². The smallest absolute Gasteiger partial charge is 0.349 e. The van der Waals surface area contributed by atoms with Gasteiger partial charge in [0.15, 0.2) is 0 Å². The lowest BCUT2D eigenvalue weighted by Gasteiger charge is -2.38. The number of hydrogen-bond donors (Lipinski definition) is 0. The summed E-state index contributed by atoms with van der Waals surface area (Å²) in [5, 5.41) is 0.788. The Morgan fingerprint density at radius 3 is 2.71 bits per heavy atom. The summed E-state index contributed by atoms with van der Waals surface area (Å²) in [6.07, 6.45) is 4.12. The summed E-state index contributed by atoms with van der Waals surface area (Å²) in [6, 6.07) is 9.23. The predicted molar refractivity (Wildman–Crippen MR) is 110 cm³/mol. The van der Waals surface area contributed by atoms with Crippen LogP contribution < -0.4 is 5.63 Å². The zero-order valence-electron chi connectivity index (χ0n) is 16.6.